The van der Waals surface area contributed by atoms with Gasteiger partial charge in [-0.15, -0.1) is 0 Å². The molecule has 0 fully saturated rings. The summed E-state index contributed by atoms with van der Waals surface area (Å²) in [6.45, 7) is 2.59. The van der Waals surface area contributed by atoms with Gasteiger partial charge in [0.2, 0.25) is 0 Å². The number of hydrogen-bond acceptors (Lipinski definition) is 3. The van der Waals surface area contributed by atoms with E-state index in [0.717, 1.165) is 17.0 Å². The summed E-state index contributed by atoms with van der Waals surface area (Å²) < 4.78 is 40.7. The molecule has 0 aliphatic heterocycles. The number of alkyl halides is 3. The highest BCUT2D eigenvalue weighted by Gasteiger charge is 2.34. The lowest BCUT2D eigenvalue weighted by atomic mass is 10.1. The molecular formula is C24H20F3N3. The van der Waals surface area contributed by atoms with Gasteiger partial charge in [0.05, 0.1) is 11.1 Å². The fourth-order valence-corrected chi connectivity index (χ4v) is 3.44. The predicted octanol–water partition coefficient (Wildman–Crippen LogP) is 6.26. The Morgan fingerprint density at radius 3 is 2.23 bits per heavy atom. The summed E-state index contributed by atoms with van der Waals surface area (Å²) in [5.74, 6) is 0.653. The summed E-state index contributed by atoms with van der Waals surface area (Å²) in [5.41, 5.74) is 2.08. The first-order chi connectivity index (χ1) is 14.3. The third-order valence-corrected chi connectivity index (χ3v) is 4.96. The number of fused-ring (bicyclic) bond motifs is 1. The highest BCUT2D eigenvalue weighted by Crippen LogP contribution is 2.37. The highest BCUT2D eigenvalue weighted by molar-refractivity contribution is 5.91. The fraction of sp³-hybridized carbons (Fsp3) is 0.167. The number of benzene rings is 3. The smallest absolute Gasteiger partial charge is 0.355 e. The number of aromatic nitrogens is 2. The van der Waals surface area contributed by atoms with E-state index in [9.17, 15) is 13.2 Å². The molecule has 0 unspecified atom stereocenters. The van der Waals surface area contributed by atoms with Gasteiger partial charge in [0.25, 0.3) is 0 Å². The Bertz CT molecular complexity index is 1180. The van der Waals surface area contributed by atoms with E-state index in [-0.39, 0.29) is 11.4 Å². The van der Waals surface area contributed by atoms with E-state index < -0.39 is 11.7 Å². The monoisotopic (exact) mass is 407 g/mol. The second-order valence-corrected chi connectivity index (χ2v) is 7.27. The van der Waals surface area contributed by atoms with E-state index in [2.05, 4.69) is 9.97 Å². The first kappa shape index (κ1) is 19.9. The molecule has 0 saturated carbocycles. The second-order valence-electron chi connectivity index (χ2n) is 7.27. The van der Waals surface area contributed by atoms with Gasteiger partial charge in [0.1, 0.15) is 5.82 Å². The number of rotatable bonds is 4. The van der Waals surface area contributed by atoms with Gasteiger partial charge in [-0.1, -0.05) is 60.2 Å². The van der Waals surface area contributed by atoms with Gasteiger partial charge in [-0.2, -0.15) is 13.2 Å². The van der Waals surface area contributed by atoms with Crippen molar-refractivity contribution in [3.05, 3.63) is 89.5 Å². The van der Waals surface area contributed by atoms with Gasteiger partial charge in [-0.25, -0.2) is 9.97 Å². The van der Waals surface area contributed by atoms with Crippen molar-refractivity contribution in [3.63, 3.8) is 0 Å². The van der Waals surface area contributed by atoms with Crippen molar-refractivity contribution in [3.8, 4) is 11.4 Å². The molecule has 0 atom stereocenters. The van der Waals surface area contributed by atoms with Crippen LogP contribution in [0.4, 0.5) is 19.0 Å². The lowest BCUT2D eigenvalue weighted by Crippen LogP contribution is -2.19. The first-order valence-electron chi connectivity index (χ1n) is 9.53. The molecule has 0 aliphatic rings. The van der Waals surface area contributed by atoms with Gasteiger partial charge in [0.15, 0.2) is 5.82 Å². The van der Waals surface area contributed by atoms with Crippen LogP contribution in [0.3, 0.4) is 0 Å². The number of nitrogens with zero attached hydrogens (tertiary/aromatic N) is 3. The fourth-order valence-electron chi connectivity index (χ4n) is 3.44. The zero-order chi connectivity index (χ0) is 21.3. The van der Waals surface area contributed by atoms with E-state index in [4.69, 9.17) is 0 Å². The van der Waals surface area contributed by atoms with Gasteiger partial charge in [0, 0.05) is 24.5 Å². The molecule has 1 aromatic heterocycles. The maximum Gasteiger partial charge on any atom is 0.417 e. The normalized spacial score (nSPS) is 11.6. The molecule has 0 amide bonds. The molecule has 30 heavy (non-hydrogen) atoms. The first-order valence-corrected chi connectivity index (χ1v) is 9.53. The van der Waals surface area contributed by atoms with Crippen LogP contribution in [0.1, 0.15) is 16.7 Å². The lowest BCUT2D eigenvalue weighted by molar-refractivity contribution is -0.137. The van der Waals surface area contributed by atoms with E-state index in [1.54, 1.807) is 12.1 Å². The van der Waals surface area contributed by atoms with Crippen LogP contribution < -0.4 is 4.90 Å². The molecule has 0 bridgehead atoms. The molecular weight excluding hydrogens is 387 g/mol. The van der Waals surface area contributed by atoms with Crippen LogP contribution in [0.2, 0.25) is 0 Å². The number of para-hydroxylation sites is 1. The highest BCUT2D eigenvalue weighted by atomic mass is 19.4. The van der Waals surface area contributed by atoms with Crippen LogP contribution in [-0.2, 0) is 12.7 Å². The SMILES string of the molecule is Cc1ccc(CN(C)c2nc(-c3ccccc3C(F)(F)F)nc3ccccc23)cc1. The van der Waals surface area contributed by atoms with E-state index in [1.807, 2.05) is 61.3 Å². The molecule has 0 saturated heterocycles. The van der Waals surface area contributed by atoms with E-state index in [0.29, 0.717) is 17.9 Å². The molecule has 152 valence electrons. The second kappa shape index (κ2) is 7.78. The van der Waals surface area contributed by atoms with Crippen LogP contribution >= 0.6 is 0 Å². The van der Waals surface area contributed by atoms with Crippen molar-refractivity contribution in [1.29, 1.82) is 0 Å². The van der Waals surface area contributed by atoms with Crippen molar-refractivity contribution in [2.75, 3.05) is 11.9 Å². The Hall–Kier alpha value is -3.41. The summed E-state index contributed by atoms with van der Waals surface area (Å²) in [6.07, 6.45) is -4.49. The average molecular weight is 407 g/mol. The van der Waals surface area contributed by atoms with Crippen LogP contribution in [0.15, 0.2) is 72.8 Å². The van der Waals surface area contributed by atoms with Crippen LogP contribution in [0.25, 0.3) is 22.3 Å². The molecule has 4 aromatic rings. The molecule has 3 aromatic carbocycles. The quantitative estimate of drug-likeness (QED) is 0.400. The molecule has 4 rings (SSSR count). The molecule has 3 nitrogen and oxygen atoms in total. The minimum Gasteiger partial charge on any atom is -0.355 e. The lowest BCUT2D eigenvalue weighted by Gasteiger charge is -2.21. The van der Waals surface area contributed by atoms with Gasteiger partial charge in [-0.3, -0.25) is 0 Å². The van der Waals surface area contributed by atoms with Crippen molar-refractivity contribution < 1.29 is 13.2 Å². The standard InChI is InChI=1S/C24H20F3N3/c1-16-11-13-17(14-12-16)15-30(2)23-19-8-4-6-10-21(19)28-22(29-23)18-7-3-5-9-20(18)24(25,26)27/h3-14H,15H2,1-2H3. The molecule has 0 aliphatic carbocycles. The molecule has 0 spiro atoms. The summed E-state index contributed by atoms with van der Waals surface area (Å²) >= 11 is 0. The third kappa shape index (κ3) is 3.99. The summed E-state index contributed by atoms with van der Waals surface area (Å²) in [4.78, 5) is 11.0. The maximum atomic E-state index is 13.6. The zero-order valence-electron chi connectivity index (χ0n) is 16.6. The number of hydrogen-bond donors (Lipinski definition) is 0. The molecule has 0 radical (unpaired) electrons. The van der Waals surface area contributed by atoms with E-state index in [1.165, 1.54) is 17.7 Å². The Morgan fingerprint density at radius 2 is 1.50 bits per heavy atom. The topological polar surface area (TPSA) is 29.0 Å². The predicted molar refractivity (Wildman–Crippen MR) is 113 cm³/mol. The number of aryl methyl sites for hydroxylation is 1. The summed E-state index contributed by atoms with van der Waals surface area (Å²) in [7, 11) is 1.88. The zero-order valence-corrected chi connectivity index (χ0v) is 16.6. The summed E-state index contributed by atoms with van der Waals surface area (Å²) in [6, 6.07) is 20.9. The molecule has 1 heterocycles. The largest absolute Gasteiger partial charge is 0.417 e. The summed E-state index contributed by atoms with van der Waals surface area (Å²) in [5, 5.41) is 0.792. The third-order valence-electron chi connectivity index (χ3n) is 4.96. The van der Waals surface area contributed by atoms with Crippen molar-refractivity contribution in [2.24, 2.45) is 0 Å². The minimum atomic E-state index is -4.49. The van der Waals surface area contributed by atoms with Crippen molar-refractivity contribution in [2.45, 2.75) is 19.6 Å². The van der Waals surface area contributed by atoms with Gasteiger partial charge >= 0.3 is 6.18 Å². The Kier molecular flexibility index (Phi) is 5.16. The number of halogens is 3. The number of anilines is 1. The van der Waals surface area contributed by atoms with Gasteiger partial charge in [-0.05, 0) is 30.7 Å². The maximum absolute atomic E-state index is 13.6. The van der Waals surface area contributed by atoms with Crippen LogP contribution in [0.5, 0.6) is 0 Å². The Labute approximate surface area is 172 Å². The van der Waals surface area contributed by atoms with Gasteiger partial charge < -0.3 is 4.90 Å². The molecule has 6 heteroatoms. The van der Waals surface area contributed by atoms with Crippen molar-refractivity contribution >= 4 is 16.7 Å². The Morgan fingerprint density at radius 1 is 0.833 bits per heavy atom. The van der Waals surface area contributed by atoms with E-state index >= 15 is 0 Å². The molecule has 0 N–H and O–H groups in total. The van der Waals surface area contributed by atoms with Crippen molar-refractivity contribution in [1.82, 2.24) is 9.97 Å². The van der Waals surface area contributed by atoms with Crippen LogP contribution in [0, 0.1) is 6.92 Å². The van der Waals surface area contributed by atoms with Crippen LogP contribution in [-0.4, -0.2) is 17.0 Å². The minimum absolute atomic E-state index is 0.0271. The Balaban J connectivity index is 1.84. The average Bonchev–Trinajstić information content (AvgIpc) is 2.74.